The normalized spacial score (nSPS) is 15.3. The van der Waals surface area contributed by atoms with E-state index in [0.717, 1.165) is 30.8 Å². The largest absolute Gasteiger partial charge is 0.494 e. The Morgan fingerprint density at radius 3 is 2.55 bits per heavy atom. The predicted octanol–water partition coefficient (Wildman–Crippen LogP) is 3.14. The Balaban J connectivity index is 1.36. The number of nitrogens with two attached hydrogens (primary N) is 1. The minimum atomic E-state index is -0.734. The number of ether oxygens (including phenoxy) is 2. The van der Waals surface area contributed by atoms with Crippen molar-refractivity contribution in [3.05, 3.63) is 83.4 Å². The van der Waals surface area contributed by atoms with Gasteiger partial charge >= 0.3 is 0 Å². The van der Waals surface area contributed by atoms with E-state index in [1.165, 1.54) is 0 Å². The van der Waals surface area contributed by atoms with Crippen molar-refractivity contribution in [1.82, 2.24) is 4.90 Å². The van der Waals surface area contributed by atoms with Crippen LogP contribution in [-0.4, -0.2) is 75.1 Å². The number of anilines is 3. The summed E-state index contributed by atoms with van der Waals surface area (Å²) < 4.78 is 11.0. The number of aliphatic hydroxyl groups excluding tert-OH is 1. The zero-order valence-corrected chi connectivity index (χ0v) is 22.9. The third-order valence-electron chi connectivity index (χ3n) is 6.58. The highest BCUT2D eigenvalue weighted by Crippen LogP contribution is 2.24. The maximum atomic E-state index is 13.1. The number of benzene rings is 3. The molecule has 2 amide bonds. The van der Waals surface area contributed by atoms with Crippen molar-refractivity contribution in [3.8, 4) is 5.75 Å². The van der Waals surface area contributed by atoms with Crippen LogP contribution in [0.5, 0.6) is 5.75 Å². The molecule has 3 aromatic rings. The first-order valence-corrected chi connectivity index (χ1v) is 13.3. The van der Waals surface area contributed by atoms with Crippen LogP contribution >= 0.6 is 0 Å². The van der Waals surface area contributed by atoms with E-state index in [4.69, 9.17) is 15.2 Å². The fourth-order valence-electron chi connectivity index (χ4n) is 4.36. The molecule has 0 bridgehead atoms. The van der Waals surface area contributed by atoms with Crippen molar-refractivity contribution in [3.63, 3.8) is 0 Å². The summed E-state index contributed by atoms with van der Waals surface area (Å²) in [6.07, 6.45) is 0.0443. The monoisotopic (exact) mass is 547 g/mol. The lowest BCUT2D eigenvalue weighted by Crippen LogP contribution is -2.42. The summed E-state index contributed by atoms with van der Waals surface area (Å²) in [6, 6.07) is 19.6. The number of hydrogen-bond acceptors (Lipinski definition) is 8. The minimum Gasteiger partial charge on any atom is -0.494 e. The Morgan fingerprint density at radius 1 is 1.05 bits per heavy atom. The highest BCUT2D eigenvalue weighted by Gasteiger charge is 2.17. The summed E-state index contributed by atoms with van der Waals surface area (Å²) >= 11 is 0. The number of nitrogens with one attached hydrogen (secondary N) is 2. The number of morpholine rings is 1. The van der Waals surface area contributed by atoms with E-state index >= 15 is 0 Å². The van der Waals surface area contributed by atoms with Crippen molar-refractivity contribution in [1.29, 1.82) is 0 Å². The first-order chi connectivity index (χ1) is 19.3. The lowest BCUT2D eigenvalue weighted by molar-refractivity contribution is -0.146. The van der Waals surface area contributed by atoms with Crippen molar-refractivity contribution in [2.75, 3.05) is 62.5 Å². The van der Waals surface area contributed by atoms with Crippen molar-refractivity contribution >= 4 is 28.9 Å². The molecule has 1 aliphatic heterocycles. The summed E-state index contributed by atoms with van der Waals surface area (Å²) in [5.41, 5.74) is 9.60. The quantitative estimate of drug-likeness (QED) is 0.270. The second-order valence-corrected chi connectivity index (χ2v) is 9.78. The molecule has 40 heavy (non-hydrogen) atoms. The van der Waals surface area contributed by atoms with E-state index in [9.17, 15) is 14.7 Å². The number of carbonyl (C=O) groups excluding carboxylic acids is 2. The molecule has 1 aliphatic rings. The standard InChI is InChI=1S/C30H37N5O5/c1-34(2)25-8-3-6-21(16-25)29(37)32-24-11-10-23(19-31)27(18-24)33-30(38)22-7-4-9-26(17-22)39-14-5-12-35-13-15-40-28(36)20-35/h3-4,6-11,16-18,28,36H,5,12-15,19-20,31H2,1-2H3,(H,32,37)(H,33,38). The first-order valence-electron chi connectivity index (χ1n) is 13.3. The lowest BCUT2D eigenvalue weighted by Gasteiger charge is -2.29. The summed E-state index contributed by atoms with van der Waals surface area (Å²) in [5.74, 6) is 0.0235. The van der Waals surface area contributed by atoms with Gasteiger partial charge in [0, 0.05) is 68.5 Å². The maximum absolute atomic E-state index is 13.1. The molecule has 0 aliphatic carbocycles. The van der Waals surface area contributed by atoms with Gasteiger partial charge in [-0.3, -0.25) is 14.5 Å². The van der Waals surface area contributed by atoms with Crippen LogP contribution in [0.15, 0.2) is 66.7 Å². The van der Waals surface area contributed by atoms with Gasteiger partial charge in [-0.15, -0.1) is 0 Å². The van der Waals surface area contributed by atoms with Crippen LogP contribution in [0, 0.1) is 0 Å². The molecule has 1 unspecified atom stereocenters. The second kappa shape index (κ2) is 13.9. The minimum absolute atomic E-state index is 0.220. The average molecular weight is 548 g/mol. The molecule has 212 valence electrons. The molecule has 0 aromatic heterocycles. The Morgan fingerprint density at radius 2 is 1.80 bits per heavy atom. The van der Waals surface area contributed by atoms with Crippen LogP contribution in [-0.2, 0) is 11.3 Å². The molecule has 1 fully saturated rings. The molecule has 0 saturated carbocycles. The number of β-amino-alcohol motifs (C(OH)–C–C–N with tert-alkyl or cyclic N) is 1. The van der Waals surface area contributed by atoms with Gasteiger partial charge in [0.15, 0.2) is 6.29 Å². The molecule has 1 saturated heterocycles. The SMILES string of the molecule is CN(C)c1cccc(C(=O)Nc2ccc(CN)c(NC(=O)c3cccc(OCCCN4CCOC(O)C4)c3)c2)c1. The van der Waals surface area contributed by atoms with Gasteiger partial charge in [0.1, 0.15) is 5.75 Å². The number of aliphatic hydroxyl groups is 1. The van der Waals surface area contributed by atoms with Crippen molar-refractivity contribution < 1.29 is 24.2 Å². The molecule has 4 rings (SSSR count). The fourth-order valence-corrected chi connectivity index (χ4v) is 4.36. The van der Waals surface area contributed by atoms with Gasteiger partial charge in [0.2, 0.25) is 0 Å². The molecule has 10 nitrogen and oxygen atoms in total. The smallest absolute Gasteiger partial charge is 0.255 e. The molecule has 0 radical (unpaired) electrons. The summed E-state index contributed by atoms with van der Waals surface area (Å²) in [5, 5.41) is 15.4. The fraction of sp³-hybridized carbons (Fsp3) is 0.333. The molecular formula is C30H37N5O5. The topological polar surface area (TPSA) is 129 Å². The van der Waals surface area contributed by atoms with E-state index in [2.05, 4.69) is 15.5 Å². The van der Waals surface area contributed by atoms with Crippen LogP contribution in [0.4, 0.5) is 17.1 Å². The Kier molecular flexibility index (Phi) is 10.1. The van der Waals surface area contributed by atoms with Gasteiger partial charge in [0.05, 0.1) is 13.2 Å². The molecule has 10 heteroatoms. The molecular weight excluding hydrogens is 510 g/mol. The molecule has 5 N–H and O–H groups in total. The predicted molar refractivity (Wildman–Crippen MR) is 156 cm³/mol. The van der Waals surface area contributed by atoms with E-state index < -0.39 is 6.29 Å². The van der Waals surface area contributed by atoms with Crippen molar-refractivity contribution in [2.24, 2.45) is 5.73 Å². The Labute approximate surface area is 234 Å². The maximum Gasteiger partial charge on any atom is 0.255 e. The zero-order chi connectivity index (χ0) is 28.5. The third kappa shape index (κ3) is 8.03. The molecule has 1 heterocycles. The second-order valence-electron chi connectivity index (χ2n) is 9.78. The molecule has 0 spiro atoms. The Hall–Kier alpha value is -3.96. The number of hydrogen-bond donors (Lipinski definition) is 4. The van der Waals surface area contributed by atoms with Crippen LogP contribution in [0.1, 0.15) is 32.7 Å². The van der Waals surface area contributed by atoms with Crippen LogP contribution < -0.4 is 26.0 Å². The lowest BCUT2D eigenvalue weighted by atomic mass is 10.1. The van der Waals surface area contributed by atoms with E-state index in [-0.39, 0.29) is 18.4 Å². The number of rotatable bonds is 11. The molecule has 1 atom stereocenters. The van der Waals surface area contributed by atoms with Crippen molar-refractivity contribution in [2.45, 2.75) is 19.3 Å². The van der Waals surface area contributed by atoms with Gasteiger partial charge < -0.3 is 35.8 Å². The van der Waals surface area contributed by atoms with E-state index in [0.29, 0.717) is 48.0 Å². The van der Waals surface area contributed by atoms with Crippen LogP contribution in [0.25, 0.3) is 0 Å². The van der Waals surface area contributed by atoms with E-state index in [1.807, 2.05) is 43.3 Å². The average Bonchev–Trinajstić information content (AvgIpc) is 2.96. The van der Waals surface area contributed by atoms with Gasteiger partial charge in [-0.05, 0) is 60.5 Å². The van der Waals surface area contributed by atoms with Gasteiger partial charge in [0.25, 0.3) is 11.8 Å². The van der Waals surface area contributed by atoms with Gasteiger partial charge in [-0.1, -0.05) is 18.2 Å². The number of carbonyl (C=O) groups is 2. The number of amides is 2. The Bertz CT molecular complexity index is 1320. The molecule has 3 aromatic carbocycles. The summed E-state index contributed by atoms with van der Waals surface area (Å²) in [4.78, 5) is 30.1. The highest BCUT2D eigenvalue weighted by atomic mass is 16.6. The number of nitrogens with zero attached hydrogens (tertiary/aromatic N) is 2. The van der Waals surface area contributed by atoms with Crippen LogP contribution in [0.2, 0.25) is 0 Å². The van der Waals surface area contributed by atoms with Gasteiger partial charge in [-0.2, -0.15) is 0 Å². The summed E-state index contributed by atoms with van der Waals surface area (Å²) in [6.45, 7) is 3.29. The first kappa shape index (κ1) is 29.0. The van der Waals surface area contributed by atoms with Gasteiger partial charge in [-0.25, -0.2) is 0 Å². The zero-order valence-electron chi connectivity index (χ0n) is 22.9. The third-order valence-corrected chi connectivity index (χ3v) is 6.58. The highest BCUT2D eigenvalue weighted by molar-refractivity contribution is 6.07. The van der Waals surface area contributed by atoms with Crippen LogP contribution in [0.3, 0.4) is 0 Å². The van der Waals surface area contributed by atoms with E-state index in [1.54, 1.807) is 42.5 Å². The summed E-state index contributed by atoms with van der Waals surface area (Å²) in [7, 11) is 3.83.